The van der Waals surface area contributed by atoms with E-state index in [2.05, 4.69) is 5.32 Å². The number of carbonyl (C=O) groups is 2. The Morgan fingerprint density at radius 1 is 1.06 bits per heavy atom. The summed E-state index contributed by atoms with van der Waals surface area (Å²) >= 11 is 6.38. The van der Waals surface area contributed by atoms with E-state index in [0.717, 1.165) is 6.42 Å². The number of benzene rings is 2. The number of anilines is 1. The lowest BCUT2D eigenvalue weighted by molar-refractivity contribution is -0.116. The van der Waals surface area contributed by atoms with Crippen molar-refractivity contribution < 1.29 is 23.8 Å². The van der Waals surface area contributed by atoms with E-state index in [1.807, 2.05) is 19.9 Å². The fraction of sp³-hybridized carbons (Fsp3) is 0.391. The zero-order valence-electron chi connectivity index (χ0n) is 18.4. The Balaban J connectivity index is 2.19. The van der Waals surface area contributed by atoms with E-state index in [1.54, 1.807) is 31.2 Å². The van der Waals surface area contributed by atoms with Gasteiger partial charge in [-0.3, -0.25) is 9.59 Å². The summed E-state index contributed by atoms with van der Waals surface area (Å²) in [5.41, 5.74) is 0.863. The molecule has 1 N–H and O–H groups in total. The van der Waals surface area contributed by atoms with Gasteiger partial charge in [0.15, 0.2) is 11.5 Å². The third-order valence-electron chi connectivity index (χ3n) is 4.39. The summed E-state index contributed by atoms with van der Waals surface area (Å²) in [6.45, 7) is 6.73. The number of methoxy groups -OCH3 is 1. The lowest BCUT2D eigenvalue weighted by atomic mass is 10.1. The van der Waals surface area contributed by atoms with Crippen molar-refractivity contribution in [2.75, 3.05) is 38.7 Å². The second-order valence-corrected chi connectivity index (χ2v) is 7.04. The number of nitrogens with zero attached hydrogens (tertiary/aromatic N) is 1. The van der Waals surface area contributed by atoms with Gasteiger partial charge in [0, 0.05) is 12.1 Å². The molecule has 7 nitrogen and oxygen atoms in total. The molecule has 0 heterocycles. The minimum Gasteiger partial charge on any atom is -0.495 e. The highest BCUT2D eigenvalue weighted by Gasteiger charge is 2.22. The van der Waals surface area contributed by atoms with Gasteiger partial charge >= 0.3 is 0 Å². The summed E-state index contributed by atoms with van der Waals surface area (Å²) in [5, 5.41) is 3.07. The van der Waals surface area contributed by atoms with Gasteiger partial charge in [-0.05, 0) is 44.5 Å². The van der Waals surface area contributed by atoms with Crippen molar-refractivity contribution in [2.45, 2.75) is 27.2 Å². The number of rotatable bonds is 11. The fourth-order valence-corrected chi connectivity index (χ4v) is 3.18. The molecule has 2 rings (SSSR count). The summed E-state index contributed by atoms with van der Waals surface area (Å²) < 4.78 is 16.6. The third-order valence-corrected chi connectivity index (χ3v) is 4.67. The van der Waals surface area contributed by atoms with E-state index in [-0.39, 0.29) is 23.4 Å². The molecule has 0 radical (unpaired) electrons. The quantitative estimate of drug-likeness (QED) is 0.542. The molecular formula is C23H29ClN2O5. The van der Waals surface area contributed by atoms with E-state index < -0.39 is 0 Å². The molecule has 0 saturated heterocycles. The van der Waals surface area contributed by atoms with E-state index in [4.69, 9.17) is 25.8 Å². The first-order valence-corrected chi connectivity index (χ1v) is 10.6. The van der Waals surface area contributed by atoms with Crippen LogP contribution >= 0.6 is 11.6 Å². The van der Waals surface area contributed by atoms with Gasteiger partial charge in [0.1, 0.15) is 12.3 Å². The molecule has 0 unspecified atom stereocenters. The normalized spacial score (nSPS) is 10.4. The van der Waals surface area contributed by atoms with Gasteiger partial charge in [-0.15, -0.1) is 0 Å². The van der Waals surface area contributed by atoms with Crippen molar-refractivity contribution in [1.82, 2.24) is 4.90 Å². The molecule has 0 atom stereocenters. The van der Waals surface area contributed by atoms with Crippen LogP contribution in [0.1, 0.15) is 37.6 Å². The van der Waals surface area contributed by atoms with Crippen LogP contribution in [0.15, 0.2) is 36.4 Å². The smallest absolute Gasteiger partial charge is 0.254 e. The van der Waals surface area contributed by atoms with Crippen molar-refractivity contribution in [1.29, 1.82) is 0 Å². The summed E-state index contributed by atoms with van der Waals surface area (Å²) in [7, 11) is 1.53. The maximum Gasteiger partial charge on any atom is 0.254 e. The predicted molar refractivity (Wildman–Crippen MR) is 122 cm³/mol. The zero-order valence-corrected chi connectivity index (χ0v) is 19.1. The lowest BCUT2D eigenvalue weighted by Crippen LogP contribution is -2.38. The van der Waals surface area contributed by atoms with Crippen LogP contribution in [0.3, 0.4) is 0 Å². The summed E-state index contributed by atoms with van der Waals surface area (Å²) in [6, 6.07) is 10.2. The Hall–Kier alpha value is -2.93. The number of hydrogen-bond acceptors (Lipinski definition) is 5. The number of amides is 2. The van der Waals surface area contributed by atoms with Crippen molar-refractivity contribution in [2.24, 2.45) is 0 Å². The van der Waals surface area contributed by atoms with Crippen LogP contribution in [-0.4, -0.2) is 50.1 Å². The number of nitrogens with one attached hydrogen (secondary N) is 1. The standard InChI is InChI=1S/C23H29ClN2O5/c1-5-12-31-22-17(24)13-16(14-20(22)30-7-3)23(28)26(6-2)15-21(27)25-18-10-8-9-11-19(18)29-4/h8-11,13-14H,5-7,12,15H2,1-4H3,(H,25,27). The molecule has 2 aromatic carbocycles. The van der Waals surface area contributed by atoms with Crippen molar-refractivity contribution in [3.8, 4) is 17.2 Å². The van der Waals surface area contributed by atoms with Crippen LogP contribution in [0, 0.1) is 0 Å². The molecule has 31 heavy (non-hydrogen) atoms. The Kier molecular flexibility index (Phi) is 9.46. The minimum atomic E-state index is -0.335. The summed E-state index contributed by atoms with van der Waals surface area (Å²) in [5.74, 6) is 0.697. The maximum absolute atomic E-state index is 13.1. The van der Waals surface area contributed by atoms with Crippen LogP contribution in [0.5, 0.6) is 17.2 Å². The predicted octanol–water partition coefficient (Wildman–Crippen LogP) is 4.64. The Bertz CT molecular complexity index is 904. The van der Waals surface area contributed by atoms with Gasteiger partial charge < -0.3 is 24.4 Å². The first kappa shape index (κ1) is 24.3. The molecule has 8 heteroatoms. The molecule has 2 amide bonds. The van der Waals surface area contributed by atoms with Crippen LogP contribution in [0.2, 0.25) is 5.02 Å². The highest BCUT2D eigenvalue weighted by molar-refractivity contribution is 6.32. The lowest BCUT2D eigenvalue weighted by Gasteiger charge is -2.22. The fourth-order valence-electron chi connectivity index (χ4n) is 2.92. The number of halogens is 1. The van der Waals surface area contributed by atoms with Gasteiger partial charge in [-0.2, -0.15) is 0 Å². The second-order valence-electron chi connectivity index (χ2n) is 6.63. The summed E-state index contributed by atoms with van der Waals surface area (Å²) in [6.07, 6.45) is 0.813. The van der Waals surface area contributed by atoms with Crippen LogP contribution in [-0.2, 0) is 4.79 Å². The average molecular weight is 449 g/mol. The highest BCUT2D eigenvalue weighted by Crippen LogP contribution is 2.37. The van der Waals surface area contributed by atoms with Crippen LogP contribution in [0.4, 0.5) is 5.69 Å². The highest BCUT2D eigenvalue weighted by atomic mass is 35.5. The Morgan fingerprint density at radius 3 is 2.45 bits per heavy atom. The van der Waals surface area contributed by atoms with Gasteiger partial charge in [0.05, 0.1) is 31.0 Å². The van der Waals surface area contributed by atoms with Crippen molar-refractivity contribution in [3.05, 3.63) is 47.0 Å². The van der Waals surface area contributed by atoms with Crippen molar-refractivity contribution >= 4 is 29.1 Å². The van der Waals surface area contributed by atoms with E-state index >= 15 is 0 Å². The largest absolute Gasteiger partial charge is 0.495 e. The molecule has 0 aliphatic carbocycles. The van der Waals surface area contributed by atoms with E-state index in [1.165, 1.54) is 18.1 Å². The van der Waals surface area contributed by atoms with Crippen LogP contribution in [0.25, 0.3) is 0 Å². The second kappa shape index (κ2) is 12.1. The van der Waals surface area contributed by atoms with Gasteiger partial charge in [-0.25, -0.2) is 0 Å². The Morgan fingerprint density at radius 2 is 1.81 bits per heavy atom. The number of para-hydroxylation sites is 2. The van der Waals surface area contributed by atoms with E-state index in [0.29, 0.717) is 48.3 Å². The number of likely N-dealkylation sites (N-methyl/N-ethyl adjacent to an activating group) is 1. The van der Waals surface area contributed by atoms with Gasteiger partial charge in [0.25, 0.3) is 5.91 Å². The van der Waals surface area contributed by atoms with Crippen molar-refractivity contribution in [3.63, 3.8) is 0 Å². The number of hydrogen-bond donors (Lipinski definition) is 1. The minimum absolute atomic E-state index is 0.122. The molecule has 168 valence electrons. The molecule has 0 aliphatic rings. The zero-order chi connectivity index (χ0) is 22.8. The molecule has 0 bridgehead atoms. The maximum atomic E-state index is 13.1. The first-order valence-electron chi connectivity index (χ1n) is 10.3. The SMILES string of the molecule is CCCOc1c(Cl)cc(C(=O)N(CC)CC(=O)Nc2ccccc2OC)cc1OCC. The molecule has 0 aliphatic heterocycles. The average Bonchev–Trinajstić information content (AvgIpc) is 2.76. The molecule has 0 fully saturated rings. The third kappa shape index (κ3) is 6.52. The molecular weight excluding hydrogens is 420 g/mol. The van der Waals surface area contributed by atoms with Gasteiger partial charge in [-0.1, -0.05) is 30.7 Å². The van der Waals surface area contributed by atoms with E-state index in [9.17, 15) is 9.59 Å². The first-order chi connectivity index (χ1) is 14.9. The molecule has 0 spiro atoms. The number of ether oxygens (including phenoxy) is 3. The number of carbonyl (C=O) groups excluding carboxylic acids is 2. The summed E-state index contributed by atoms with van der Waals surface area (Å²) in [4.78, 5) is 27.1. The molecule has 0 aromatic heterocycles. The van der Waals surface area contributed by atoms with Crippen LogP contribution < -0.4 is 19.5 Å². The topological polar surface area (TPSA) is 77.1 Å². The molecule has 2 aromatic rings. The molecule has 0 saturated carbocycles. The monoisotopic (exact) mass is 448 g/mol. The Labute approximate surface area is 188 Å². The van der Waals surface area contributed by atoms with Gasteiger partial charge in [0.2, 0.25) is 5.91 Å².